The molecule has 22 heavy (non-hydrogen) atoms. The Morgan fingerprint density at radius 2 is 1.95 bits per heavy atom. The van der Waals surface area contributed by atoms with Crippen molar-refractivity contribution in [2.45, 2.75) is 31.8 Å². The Morgan fingerprint density at radius 3 is 2.59 bits per heavy atom. The van der Waals surface area contributed by atoms with Crippen LogP contribution in [0.4, 0.5) is 0 Å². The molecule has 0 saturated heterocycles. The minimum Gasteiger partial charge on any atom is -0.508 e. The molecule has 1 aromatic carbocycles. The lowest BCUT2D eigenvalue weighted by Crippen LogP contribution is -2.43. The quantitative estimate of drug-likeness (QED) is 0.393. The molecular formula is C15H23N3O4. The number of aliphatic carboxylic acids is 1. The third-order valence-electron chi connectivity index (χ3n) is 3.22. The Bertz CT molecular complexity index is 493. The Balaban J connectivity index is 2.19. The smallest absolute Gasteiger partial charge is 0.326 e. The molecule has 0 radical (unpaired) electrons. The van der Waals surface area contributed by atoms with Crippen LogP contribution >= 0.6 is 0 Å². The van der Waals surface area contributed by atoms with Gasteiger partial charge in [-0.05, 0) is 31.9 Å². The van der Waals surface area contributed by atoms with Crippen LogP contribution in [0.25, 0.3) is 0 Å². The summed E-state index contributed by atoms with van der Waals surface area (Å²) < 4.78 is 0. The van der Waals surface area contributed by atoms with Crippen LogP contribution in [0.1, 0.15) is 24.8 Å². The summed E-state index contributed by atoms with van der Waals surface area (Å²) in [6, 6.07) is 6.20. The van der Waals surface area contributed by atoms with Crippen molar-refractivity contribution >= 4 is 11.9 Å². The summed E-state index contributed by atoms with van der Waals surface area (Å²) in [6.07, 6.45) is 1.80. The number of para-hydroxylation sites is 1. The summed E-state index contributed by atoms with van der Waals surface area (Å²) in [5.41, 5.74) is 5.97. The Labute approximate surface area is 129 Å². The molecule has 0 heterocycles. The summed E-state index contributed by atoms with van der Waals surface area (Å²) in [5, 5.41) is 24.2. The fourth-order valence-electron chi connectivity index (χ4n) is 1.99. The first-order valence-electron chi connectivity index (χ1n) is 7.24. The van der Waals surface area contributed by atoms with Gasteiger partial charge in [0.25, 0.3) is 0 Å². The Morgan fingerprint density at radius 1 is 1.23 bits per heavy atom. The van der Waals surface area contributed by atoms with Crippen molar-refractivity contribution < 1.29 is 19.8 Å². The number of phenols is 1. The minimum atomic E-state index is -1.05. The maximum Gasteiger partial charge on any atom is 0.326 e. The predicted molar refractivity (Wildman–Crippen MR) is 82.3 cm³/mol. The molecule has 0 aliphatic heterocycles. The van der Waals surface area contributed by atoms with Crippen LogP contribution in [0, 0.1) is 0 Å². The van der Waals surface area contributed by atoms with Crippen molar-refractivity contribution in [1.82, 2.24) is 10.6 Å². The summed E-state index contributed by atoms with van der Waals surface area (Å²) in [5.74, 6) is -1.26. The van der Waals surface area contributed by atoms with Gasteiger partial charge in [0.05, 0.1) is 6.54 Å². The summed E-state index contributed by atoms with van der Waals surface area (Å²) in [4.78, 5) is 22.1. The highest BCUT2D eigenvalue weighted by Crippen LogP contribution is 2.14. The van der Waals surface area contributed by atoms with Crippen molar-refractivity contribution in [2.24, 2.45) is 5.73 Å². The lowest BCUT2D eigenvalue weighted by Gasteiger charge is -2.13. The van der Waals surface area contributed by atoms with E-state index in [1.165, 1.54) is 0 Å². The molecule has 1 amide bonds. The van der Waals surface area contributed by atoms with Gasteiger partial charge in [-0.1, -0.05) is 18.2 Å². The molecule has 0 aliphatic carbocycles. The second-order valence-electron chi connectivity index (χ2n) is 4.96. The third-order valence-corrected chi connectivity index (χ3v) is 3.22. The molecule has 122 valence electrons. The average molecular weight is 309 g/mol. The molecule has 0 fully saturated rings. The van der Waals surface area contributed by atoms with E-state index in [4.69, 9.17) is 10.8 Å². The topological polar surface area (TPSA) is 125 Å². The van der Waals surface area contributed by atoms with E-state index in [0.29, 0.717) is 25.9 Å². The van der Waals surface area contributed by atoms with E-state index < -0.39 is 17.9 Å². The van der Waals surface area contributed by atoms with Crippen molar-refractivity contribution in [3.05, 3.63) is 29.8 Å². The van der Waals surface area contributed by atoms with Crippen LogP contribution in [0.2, 0.25) is 0 Å². The first-order valence-corrected chi connectivity index (χ1v) is 7.24. The monoisotopic (exact) mass is 309 g/mol. The number of rotatable bonds is 10. The standard InChI is InChI=1S/C15H23N3O4/c16-9-14(20)18-12(15(21)22)6-3-4-8-17-10-11-5-1-2-7-13(11)19/h1-2,5,7,12,17,19H,3-4,6,8-10,16H2,(H,18,20)(H,21,22). The number of aromatic hydroxyl groups is 1. The van der Waals surface area contributed by atoms with Crippen molar-refractivity contribution in [1.29, 1.82) is 0 Å². The SMILES string of the molecule is NCC(=O)NC(CCCCNCc1ccccc1O)C(=O)O. The molecule has 6 N–H and O–H groups in total. The fraction of sp³-hybridized carbons (Fsp3) is 0.467. The average Bonchev–Trinajstić information content (AvgIpc) is 2.50. The van der Waals surface area contributed by atoms with Crippen LogP contribution in [0.5, 0.6) is 5.75 Å². The number of unbranched alkanes of at least 4 members (excludes halogenated alkanes) is 1. The number of carbonyl (C=O) groups excluding carboxylic acids is 1. The molecule has 7 nitrogen and oxygen atoms in total. The van der Waals surface area contributed by atoms with Crippen LogP contribution in [-0.2, 0) is 16.1 Å². The van der Waals surface area contributed by atoms with Gasteiger partial charge >= 0.3 is 5.97 Å². The van der Waals surface area contributed by atoms with E-state index in [9.17, 15) is 14.7 Å². The first kappa shape index (κ1) is 17.9. The summed E-state index contributed by atoms with van der Waals surface area (Å²) in [6.45, 7) is 1.04. The van der Waals surface area contributed by atoms with Gasteiger partial charge in [-0.3, -0.25) is 4.79 Å². The maximum absolute atomic E-state index is 11.1. The lowest BCUT2D eigenvalue weighted by molar-refractivity contribution is -0.141. The molecule has 1 aromatic rings. The first-order chi connectivity index (χ1) is 10.5. The largest absolute Gasteiger partial charge is 0.508 e. The molecule has 0 aromatic heterocycles. The zero-order valence-electron chi connectivity index (χ0n) is 12.4. The zero-order valence-corrected chi connectivity index (χ0v) is 12.4. The number of carboxylic acid groups (broad SMARTS) is 1. The van der Waals surface area contributed by atoms with Crippen molar-refractivity contribution in [3.8, 4) is 5.75 Å². The molecule has 0 saturated carbocycles. The number of hydrogen-bond acceptors (Lipinski definition) is 5. The van der Waals surface area contributed by atoms with E-state index >= 15 is 0 Å². The van der Waals surface area contributed by atoms with Gasteiger partial charge in [-0.15, -0.1) is 0 Å². The fourth-order valence-corrected chi connectivity index (χ4v) is 1.99. The molecule has 0 aliphatic rings. The van der Waals surface area contributed by atoms with Crippen molar-refractivity contribution in [2.75, 3.05) is 13.1 Å². The minimum absolute atomic E-state index is 0.216. The van der Waals surface area contributed by atoms with Gasteiger partial charge in [-0.25, -0.2) is 4.79 Å². The van der Waals surface area contributed by atoms with Gasteiger partial charge in [0.1, 0.15) is 11.8 Å². The van der Waals surface area contributed by atoms with Gasteiger partial charge in [-0.2, -0.15) is 0 Å². The number of hydrogen-bond donors (Lipinski definition) is 5. The van der Waals surface area contributed by atoms with Gasteiger partial charge in [0, 0.05) is 12.1 Å². The second kappa shape index (κ2) is 9.75. The summed E-state index contributed by atoms with van der Waals surface area (Å²) >= 11 is 0. The normalized spacial score (nSPS) is 11.9. The van der Waals surface area contributed by atoms with Crippen LogP contribution < -0.4 is 16.4 Å². The van der Waals surface area contributed by atoms with Gasteiger partial charge in [0.15, 0.2) is 0 Å². The predicted octanol–water partition coefficient (Wildman–Crippen LogP) is 0.180. The lowest BCUT2D eigenvalue weighted by atomic mass is 10.1. The molecular weight excluding hydrogens is 286 g/mol. The molecule has 0 spiro atoms. The number of phenolic OH excluding ortho intramolecular Hbond substituents is 1. The van der Waals surface area contributed by atoms with Gasteiger partial charge in [0.2, 0.25) is 5.91 Å². The highest BCUT2D eigenvalue weighted by atomic mass is 16.4. The van der Waals surface area contributed by atoms with E-state index in [0.717, 1.165) is 12.0 Å². The maximum atomic E-state index is 11.1. The Kier molecular flexibility index (Phi) is 7.95. The van der Waals surface area contributed by atoms with Crippen LogP contribution in [0.3, 0.4) is 0 Å². The third kappa shape index (κ3) is 6.55. The number of nitrogens with two attached hydrogens (primary N) is 1. The highest BCUT2D eigenvalue weighted by molar-refractivity contribution is 5.84. The molecule has 0 bridgehead atoms. The number of amides is 1. The highest BCUT2D eigenvalue weighted by Gasteiger charge is 2.18. The molecule has 1 atom stereocenters. The second-order valence-corrected chi connectivity index (χ2v) is 4.96. The zero-order chi connectivity index (χ0) is 16.4. The number of nitrogens with one attached hydrogen (secondary N) is 2. The van der Waals surface area contributed by atoms with E-state index in [1.54, 1.807) is 12.1 Å². The van der Waals surface area contributed by atoms with E-state index in [-0.39, 0.29) is 12.3 Å². The molecule has 1 unspecified atom stereocenters. The number of carboxylic acids is 1. The molecule has 7 heteroatoms. The van der Waals surface area contributed by atoms with Crippen molar-refractivity contribution in [3.63, 3.8) is 0 Å². The van der Waals surface area contributed by atoms with Gasteiger partial charge < -0.3 is 26.6 Å². The van der Waals surface area contributed by atoms with Crippen LogP contribution in [0.15, 0.2) is 24.3 Å². The Hall–Kier alpha value is -2.12. The van der Waals surface area contributed by atoms with Crippen LogP contribution in [-0.4, -0.2) is 41.2 Å². The number of benzene rings is 1. The number of carbonyl (C=O) groups is 2. The summed E-state index contributed by atoms with van der Waals surface area (Å²) in [7, 11) is 0. The van der Waals surface area contributed by atoms with E-state index in [2.05, 4.69) is 10.6 Å². The molecule has 1 rings (SSSR count). The van der Waals surface area contributed by atoms with E-state index in [1.807, 2.05) is 12.1 Å².